The zero-order valence-corrected chi connectivity index (χ0v) is 18.6. The summed E-state index contributed by atoms with van der Waals surface area (Å²) in [4.78, 5) is 34.6. The lowest BCUT2D eigenvalue weighted by molar-refractivity contribution is -0.147. The molecule has 1 amide bonds. The van der Waals surface area contributed by atoms with Gasteiger partial charge in [-0.15, -0.1) is 0 Å². The first-order chi connectivity index (χ1) is 12.7. The monoisotopic (exact) mass is 398 g/mol. The quantitative estimate of drug-likeness (QED) is 0.325. The van der Waals surface area contributed by atoms with Crippen molar-refractivity contribution in [1.29, 1.82) is 0 Å². The molecule has 0 radical (unpaired) electrons. The van der Waals surface area contributed by atoms with E-state index in [-0.39, 0.29) is 54.0 Å². The van der Waals surface area contributed by atoms with E-state index < -0.39 is 5.97 Å². The van der Waals surface area contributed by atoms with Crippen LogP contribution in [0.4, 0.5) is 0 Å². The van der Waals surface area contributed by atoms with Crippen LogP contribution in [0.5, 0.6) is 0 Å². The lowest BCUT2D eigenvalue weighted by Gasteiger charge is -2.35. The van der Waals surface area contributed by atoms with Gasteiger partial charge in [0.15, 0.2) is 0 Å². The molecule has 0 aromatic rings. The maximum atomic E-state index is 12.0. The minimum Gasteiger partial charge on any atom is -0.466 e. The Morgan fingerprint density at radius 1 is 1.00 bits per heavy atom. The minimum absolute atomic E-state index is 0.000260. The van der Waals surface area contributed by atoms with Crippen LogP contribution in [0.3, 0.4) is 0 Å². The standard InChI is InChI=1S/C21H38N2O5/c1-15(24)27-14-17(21(5,6)7)11-16(12-20(2,3)4)13-28-19(26)10-9-18(25)23-22-8/h16-17H,8-14H2,1-7H3,(H,23,25). The number of hydrogen-bond donors (Lipinski definition) is 1. The third kappa shape index (κ3) is 13.3. The lowest BCUT2D eigenvalue weighted by Crippen LogP contribution is -2.31. The largest absolute Gasteiger partial charge is 0.466 e. The van der Waals surface area contributed by atoms with Gasteiger partial charge >= 0.3 is 11.9 Å². The third-order valence-electron chi connectivity index (χ3n) is 4.47. The van der Waals surface area contributed by atoms with E-state index in [0.717, 1.165) is 12.8 Å². The van der Waals surface area contributed by atoms with E-state index in [4.69, 9.17) is 9.47 Å². The van der Waals surface area contributed by atoms with Crippen LogP contribution in [0, 0.1) is 22.7 Å². The van der Waals surface area contributed by atoms with E-state index in [9.17, 15) is 14.4 Å². The van der Waals surface area contributed by atoms with Gasteiger partial charge in [0.1, 0.15) is 0 Å². The number of carbonyl (C=O) groups is 3. The van der Waals surface area contributed by atoms with Crippen molar-refractivity contribution in [3.05, 3.63) is 0 Å². The number of nitrogens with zero attached hydrogens (tertiary/aromatic N) is 1. The molecule has 0 aliphatic heterocycles. The maximum Gasteiger partial charge on any atom is 0.306 e. The summed E-state index contributed by atoms with van der Waals surface area (Å²) in [6.07, 6.45) is 1.66. The van der Waals surface area contributed by atoms with Crippen molar-refractivity contribution >= 4 is 24.6 Å². The molecule has 0 aliphatic carbocycles. The van der Waals surface area contributed by atoms with Gasteiger partial charge in [0.05, 0.1) is 19.6 Å². The second-order valence-electron chi connectivity index (χ2n) is 9.61. The number of esters is 2. The fraction of sp³-hybridized carbons (Fsp3) is 0.810. The van der Waals surface area contributed by atoms with Crippen LogP contribution in [0.15, 0.2) is 5.10 Å². The number of carbonyl (C=O) groups excluding carboxylic acids is 3. The molecule has 0 heterocycles. The number of ether oxygens (including phenoxy) is 2. The van der Waals surface area contributed by atoms with Crippen LogP contribution in [0.2, 0.25) is 0 Å². The zero-order chi connectivity index (χ0) is 22.0. The van der Waals surface area contributed by atoms with Crippen LogP contribution in [0.25, 0.3) is 0 Å². The summed E-state index contributed by atoms with van der Waals surface area (Å²) in [5.41, 5.74) is 2.20. The smallest absolute Gasteiger partial charge is 0.306 e. The molecule has 2 unspecified atom stereocenters. The number of nitrogens with one attached hydrogen (secondary N) is 1. The molecule has 0 aliphatic rings. The fourth-order valence-electron chi connectivity index (χ4n) is 3.01. The van der Waals surface area contributed by atoms with Crippen molar-refractivity contribution in [1.82, 2.24) is 5.43 Å². The van der Waals surface area contributed by atoms with Gasteiger partial charge in [-0.05, 0) is 35.5 Å². The minimum atomic E-state index is -0.412. The summed E-state index contributed by atoms with van der Waals surface area (Å²) < 4.78 is 10.7. The Morgan fingerprint density at radius 2 is 1.61 bits per heavy atom. The molecule has 7 nitrogen and oxygen atoms in total. The molecule has 0 rings (SSSR count). The molecule has 0 bridgehead atoms. The SMILES string of the molecule is C=NNC(=O)CCC(=O)OCC(CC(COC(C)=O)C(C)(C)C)CC(C)(C)C. The molecular formula is C21H38N2O5. The molecule has 0 aromatic carbocycles. The van der Waals surface area contributed by atoms with Crippen molar-refractivity contribution in [2.24, 2.45) is 27.8 Å². The van der Waals surface area contributed by atoms with Crippen molar-refractivity contribution in [3.63, 3.8) is 0 Å². The predicted octanol–water partition coefficient (Wildman–Crippen LogP) is 3.71. The average molecular weight is 399 g/mol. The second-order valence-corrected chi connectivity index (χ2v) is 9.61. The molecule has 0 saturated carbocycles. The molecule has 162 valence electrons. The van der Waals surface area contributed by atoms with Crippen molar-refractivity contribution in [2.45, 2.75) is 74.1 Å². The second kappa shape index (κ2) is 11.8. The summed E-state index contributed by atoms with van der Waals surface area (Å²) in [7, 11) is 0. The van der Waals surface area contributed by atoms with Crippen LogP contribution < -0.4 is 5.43 Å². The van der Waals surface area contributed by atoms with Gasteiger partial charge in [0.25, 0.3) is 0 Å². The van der Waals surface area contributed by atoms with E-state index in [1.165, 1.54) is 6.92 Å². The molecule has 0 saturated heterocycles. The molecule has 7 heteroatoms. The van der Waals surface area contributed by atoms with Crippen molar-refractivity contribution < 1.29 is 23.9 Å². The Bertz CT molecular complexity index is 532. The van der Waals surface area contributed by atoms with Crippen LogP contribution in [-0.4, -0.2) is 37.8 Å². The van der Waals surface area contributed by atoms with Gasteiger partial charge < -0.3 is 9.47 Å². The molecule has 0 aromatic heterocycles. The van der Waals surface area contributed by atoms with Crippen molar-refractivity contribution in [3.8, 4) is 0 Å². The molecule has 0 fully saturated rings. The van der Waals surface area contributed by atoms with Gasteiger partial charge in [-0.2, -0.15) is 5.10 Å². The van der Waals surface area contributed by atoms with Crippen LogP contribution in [0.1, 0.15) is 74.1 Å². The highest BCUT2D eigenvalue weighted by Gasteiger charge is 2.31. The van der Waals surface area contributed by atoms with Gasteiger partial charge in [0, 0.05) is 20.1 Å². The Morgan fingerprint density at radius 3 is 2.07 bits per heavy atom. The van der Waals surface area contributed by atoms with Crippen molar-refractivity contribution in [2.75, 3.05) is 13.2 Å². The first-order valence-electron chi connectivity index (χ1n) is 9.78. The lowest BCUT2D eigenvalue weighted by atomic mass is 9.73. The first kappa shape index (κ1) is 26.1. The Labute approximate surface area is 169 Å². The molecular weight excluding hydrogens is 360 g/mol. The highest BCUT2D eigenvalue weighted by Crippen LogP contribution is 2.36. The zero-order valence-electron chi connectivity index (χ0n) is 18.6. The van der Waals surface area contributed by atoms with Gasteiger partial charge in [-0.3, -0.25) is 14.4 Å². The van der Waals surface area contributed by atoms with E-state index in [0.29, 0.717) is 6.61 Å². The maximum absolute atomic E-state index is 12.0. The first-order valence-corrected chi connectivity index (χ1v) is 9.78. The summed E-state index contributed by atoms with van der Waals surface area (Å²) >= 11 is 0. The van der Waals surface area contributed by atoms with E-state index >= 15 is 0 Å². The van der Waals surface area contributed by atoms with Gasteiger partial charge in [-0.1, -0.05) is 41.5 Å². The van der Waals surface area contributed by atoms with E-state index in [1.54, 1.807) is 0 Å². The number of amides is 1. The van der Waals surface area contributed by atoms with Crippen LogP contribution in [-0.2, 0) is 23.9 Å². The Hall–Kier alpha value is -1.92. The number of hydrogen-bond acceptors (Lipinski definition) is 6. The van der Waals surface area contributed by atoms with Crippen LogP contribution >= 0.6 is 0 Å². The number of rotatable bonds is 11. The topological polar surface area (TPSA) is 94.1 Å². The molecule has 0 spiro atoms. The molecule has 1 N–H and O–H groups in total. The van der Waals surface area contributed by atoms with E-state index in [1.807, 2.05) is 0 Å². The normalized spacial score (nSPS) is 14.0. The summed E-state index contributed by atoms with van der Waals surface area (Å²) in [6.45, 7) is 18.0. The summed E-state index contributed by atoms with van der Waals surface area (Å²) in [5.74, 6) is -0.794. The Kier molecular flexibility index (Phi) is 11.0. The average Bonchev–Trinajstić information content (AvgIpc) is 2.51. The molecule has 2 atom stereocenters. The molecule has 28 heavy (non-hydrogen) atoms. The highest BCUT2D eigenvalue weighted by atomic mass is 16.5. The predicted molar refractivity (Wildman–Crippen MR) is 110 cm³/mol. The van der Waals surface area contributed by atoms with E-state index in [2.05, 4.69) is 58.8 Å². The highest BCUT2D eigenvalue weighted by molar-refractivity contribution is 5.81. The van der Waals surface area contributed by atoms with Gasteiger partial charge in [-0.25, -0.2) is 5.43 Å². The summed E-state index contributed by atoms with van der Waals surface area (Å²) in [5, 5.41) is 3.28. The van der Waals surface area contributed by atoms with Gasteiger partial charge in [0.2, 0.25) is 5.91 Å². The summed E-state index contributed by atoms with van der Waals surface area (Å²) in [6, 6.07) is 0. The Balaban J connectivity index is 4.91. The number of hydrazone groups is 1. The third-order valence-corrected chi connectivity index (χ3v) is 4.47. The fourth-order valence-corrected chi connectivity index (χ4v) is 3.01.